The Morgan fingerprint density at radius 2 is 1.32 bits per heavy atom. The predicted molar refractivity (Wildman–Crippen MR) is 153 cm³/mol. The number of aromatic nitrogens is 3. The van der Waals surface area contributed by atoms with Crippen LogP contribution < -0.4 is 10.2 Å². The molecule has 1 amide bonds. The molecule has 6 nitrogen and oxygen atoms in total. The molecule has 1 aliphatic rings. The average Bonchev–Trinajstić information content (AvgIpc) is 3.26. The van der Waals surface area contributed by atoms with E-state index < -0.39 is 0 Å². The van der Waals surface area contributed by atoms with Gasteiger partial charge in [0.2, 0.25) is 0 Å². The molecule has 1 aliphatic heterocycles. The van der Waals surface area contributed by atoms with Gasteiger partial charge in [-0.25, -0.2) is 4.98 Å². The van der Waals surface area contributed by atoms with Crippen molar-refractivity contribution in [1.29, 1.82) is 0 Å². The number of nitrogens with one attached hydrogen (secondary N) is 1. The Bertz CT molecular complexity index is 1540. The maximum absolute atomic E-state index is 13.2. The van der Waals surface area contributed by atoms with Crippen LogP contribution in [0.3, 0.4) is 0 Å². The maximum atomic E-state index is 13.2. The van der Waals surface area contributed by atoms with Crippen molar-refractivity contribution >= 4 is 28.9 Å². The van der Waals surface area contributed by atoms with E-state index in [0.29, 0.717) is 11.5 Å². The van der Waals surface area contributed by atoms with E-state index in [-0.39, 0.29) is 11.9 Å². The van der Waals surface area contributed by atoms with Crippen molar-refractivity contribution < 1.29 is 4.79 Å². The van der Waals surface area contributed by atoms with E-state index in [1.54, 1.807) is 17.3 Å². The van der Waals surface area contributed by atoms with E-state index in [0.717, 1.165) is 45.2 Å². The molecule has 4 heterocycles. The summed E-state index contributed by atoms with van der Waals surface area (Å²) in [5, 5.41) is 3.60. The number of amides is 1. The molecule has 38 heavy (non-hydrogen) atoms. The average molecular weight is 514 g/mol. The summed E-state index contributed by atoms with van der Waals surface area (Å²) in [5.74, 6) is -0.0506. The van der Waals surface area contributed by atoms with Gasteiger partial charge in [0.1, 0.15) is 6.04 Å². The van der Waals surface area contributed by atoms with Crippen molar-refractivity contribution in [1.82, 2.24) is 20.3 Å². The van der Waals surface area contributed by atoms with Crippen LogP contribution in [0.25, 0.3) is 33.9 Å². The monoisotopic (exact) mass is 513 g/mol. The van der Waals surface area contributed by atoms with Gasteiger partial charge in [-0.3, -0.25) is 19.7 Å². The van der Waals surface area contributed by atoms with Crippen LogP contribution in [0, 0.1) is 0 Å². The van der Waals surface area contributed by atoms with Gasteiger partial charge in [-0.2, -0.15) is 0 Å². The highest BCUT2D eigenvalue weighted by molar-refractivity contribution is 7.80. The third-order valence-electron chi connectivity index (χ3n) is 6.44. The van der Waals surface area contributed by atoms with Crippen LogP contribution in [-0.2, 0) is 11.2 Å². The Morgan fingerprint density at radius 3 is 1.89 bits per heavy atom. The van der Waals surface area contributed by atoms with Crippen molar-refractivity contribution in [3.8, 4) is 33.9 Å². The molecule has 0 saturated carbocycles. The fraction of sp³-hybridized carbons (Fsp3) is 0.0645. The van der Waals surface area contributed by atoms with E-state index in [2.05, 4.69) is 15.3 Å². The highest BCUT2D eigenvalue weighted by atomic mass is 32.1. The first-order valence-corrected chi connectivity index (χ1v) is 12.7. The zero-order valence-corrected chi connectivity index (χ0v) is 21.2. The summed E-state index contributed by atoms with van der Waals surface area (Å²) in [5.41, 5.74) is 6.87. The second-order valence-corrected chi connectivity index (χ2v) is 9.36. The van der Waals surface area contributed by atoms with E-state index in [1.165, 1.54) is 0 Å². The summed E-state index contributed by atoms with van der Waals surface area (Å²) >= 11 is 5.53. The number of rotatable bonds is 6. The number of benzene rings is 2. The zero-order chi connectivity index (χ0) is 25.9. The second kappa shape index (κ2) is 10.3. The minimum absolute atomic E-state index is 0.0506. The summed E-state index contributed by atoms with van der Waals surface area (Å²) in [6, 6.07) is 33.0. The number of carbonyl (C=O) groups is 1. The zero-order valence-electron chi connectivity index (χ0n) is 20.4. The van der Waals surface area contributed by atoms with Crippen LogP contribution in [-0.4, -0.2) is 32.0 Å². The molecule has 6 rings (SSSR count). The Morgan fingerprint density at radius 1 is 0.711 bits per heavy atom. The Labute approximate surface area is 226 Å². The van der Waals surface area contributed by atoms with E-state index >= 15 is 0 Å². The van der Waals surface area contributed by atoms with Crippen LogP contribution >= 0.6 is 12.2 Å². The van der Waals surface area contributed by atoms with Crippen LogP contribution in [0.4, 0.5) is 5.69 Å². The summed E-state index contributed by atoms with van der Waals surface area (Å²) in [4.78, 5) is 28.6. The first kappa shape index (κ1) is 23.6. The van der Waals surface area contributed by atoms with Crippen LogP contribution in [0.5, 0.6) is 0 Å². The largest absolute Gasteiger partial charge is 0.350 e. The van der Waals surface area contributed by atoms with Crippen molar-refractivity contribution in [2.75, 3.05) is 4.90 Å². The fourth-order valence-electron chi connectivity index (χ4n) is 4.56. The van der Waals surface area contributed by atoms with Gasteiger partial charge in [-0.05, 0) is 77.4 Å². The first-order valence-electron chi connectivity index (χ1n) is 12.3. The Balaban J connectivity index is 1.31. The minimum Gasteiger partial charge on any atom is -0.350 e. The number of hydrogen-bond donors (Lipinski definition) is 1. The maximum Gasteiger partial charge on any atom is 0.256 e. The van der Waals surface area contributed by atoms with Gasteiger partial charge >= 0.3 is 0 Å². The standard InChI is InChI=1S/C31H23N5OS/c37-30-29(18-21-8-2-1-3-9-21)35-31(38)36(30)24-14-12-22(13-15-24)23-19-27(25-10-4-6-16-32-25)34-28(20-23)26-11-5-7-17-33-26/h1-17,19-20,29H,18H2,(H,35,38). The molecule has 5 aromatic rings. The number of carbonyl (C=O) groups excluding carboxylic acids is 1. The topological polar surface area (TPSA) is 71.0 Å². The molecule has 7 heteroatoms. The molecule has 2 aromatic carbocycles. The Kier molecular flexibility index (Phi) is 6.42. The lowest BCUT2D eigenvalue weighted by molar-refractivity contribution is -0.118. The highest BCUT2D eigenvalue weighted by Gasteiger charge is 2.36. The van der Waals surface area contributed by atoms with Crippen LogP contribution in [0.15, 0.2) is 116 Å². The lowest BCUT2D eigenvalue weighted by Crippen LogP contribution is -2.32. The molecular weight excluding hydrogens is 490 g/mol. The van der Waals surface area contributed by atoms with Crippen molar-refractivity contribution in [3.63, 3.8) is 0 Å². The molecule has 184 valence electrons. The van der Waals surface area contributed by atoms with Crippen LogP contribution in [0.1, 0.15) is 5.56 Å². The molecule has 1 fully saturated rings. The van der Waals surface area contributed by atoms with Gasteiger partial charge in [-0.1, -0.05) is 54.6 Å². The molecule has 3 aromatic heterocycles. The number of hydrogen-bond acceptors (Lipinski definition) is 5. The highest BCUT2D eigenvalue weighted by Crippen LogP contribution is 2.31. The summed E-state index contributed by atoms with van der Waals surface area (Å²) in [7, 11) is 0. The van der Waals surface area contributed by atoms with Gasteiger partial charge in [0, 0.05) is 18.8 Å². The summed E-state index contributed by atoms with van der Waals surface area (Å²) < 4.78 is 0. The number of anilines is 1. The van der Waals surface area contributed by atoms with Gasteiger partial charge in [0.15, 0.2) is 5.11 Å². The Hall–Kier alpha value is -4.75. The lowest BCUT2D eigenvalue weighted by atomic mass is 10.0. The molecule has 1 saturated heterocycles. The van der Waals surface area contributed by atoms with Gasteiger partial charge in [-0.15, -0.1) is 0 Å². The molecule has 0 radical (unpaired) electrons. The number of thiocarbonyl (C=S) groups is 1. The lowest BCUT2D eigenvalue weighted by Gasteiger charge is -2.16. The SMILES string of the molecule is O=C1C(Cc2ccccc2)NC(=S)N1c1ccc(-c2cc(-c3ccccn3)nc(-c3ccccn3)c2)cc1. The second-order valence-electron chi connectivity index (χ2n) is 8.97. The smallest absolute Gasteiger partial charge is 0.256 e. The molecule has 1 atom stereocenters. The van der Waals surface area contributed by atoms with Crippen molar-refractivity contribution in [2.24, 2.45) is 0 Å². The molecule has 0 aliphatic carbocycles. The third-order valence-corrected chi connectivity index (χ3v) is 6.74. The molecular formula is C31H23N5OS. The molecule has 1 unspecified atom stereocenters. The fourth-order valence-corrected chi connectivity index (χ4v) is 4.89. The molecule has 0 bridgehead atoms. The van der Waals surface area contributed by atoms with E-state index in [4.69, 9.17) is 17.2 Å². The molecule has 0 spiro atoms. The van der Waals surface area contributed by atoms with Crippen LogP contribution in [0.2, 0.25) is 0 Å². The van der Waals surface area contributed by atoms with Gasteiger partial charge in [0.05, 0.1) is 28.5 Å². The van der Waals surface area contributed by atoms with E-state index in [1.807, 2.05) is 103 Å². The van der Waals surface area contributed by atoms with E-state index in [9.17, 15) is 4.79 Å². The normalized spacial score (nSPS) is 14.9. The quantitative estimate of drug-likeness (QED) is 0.294. The van der Waals surface area contributed by atoms with Gasteiger partial charge < -0.3 is 5.32 Å². The van der Waals surface area contributed by atoms with Gasteiger partial charge in [0.25, 0.3) is 5.91 Å². The minimum atomic E-state index is -0.383. The predicted octanol–water partition coefficient (Wildman–Crippen LogP) is 5.71. The number of pyridine rings is 3. The molecule has 1 N–H and O–H groups in total. The third kappa shape index (κ3) is 4.79. The summed E-state index contributed by atoms with van der Waals surface area (Å²) in [6.07, 6.45) is 4.10. The van der Waals surface area contributed by atoms with Crippen molar-refractivity contribution in [3.05, 3.63) is 121 Å². The summed E-state index contributed by atoms with van der Waals surface area (Å²) in [6.45, 7) is 0. The first-order chi connectivity index (χ1) is 18.7. The van der Waals surface area contributed by atoms with Crippen molar-refractivity contribution in [2.45, 2.75) is 12.5 Å². The number of nitrogens with zero attached hydrogens (tertiary/aromatic N) is 4.